The molecule has 2 aromatic heterocycles. The molecule has 4 heterocycles. The molecule has 198 valence electrons. The number of rotatable bonds is 7. The summed E-state index contributed by atoms with van der Waals surface area (Å²) >= 11 is 6.97. The molecule has 0 saturated carbocycles. The Hall–Kier alpha value is -2.98. The summed E-state index contributed by atoms with van der Waals surface area (Å²) < 4.78 is 3.78. The second-order valence-electron chi connectivity index (χ2n) is 9.88. The van der Waals surface area contributed by atoms with Gasteiger partial charge in [0, 0.05) is 83.3 Å². The molecular weight excluding hydrogens is 614 g/mol. The van der Waals surface area contributed by atoms with Gasteiger partial charge >= 0.3 is 0 Å². The van der Waals surface area contributed by atoms with Crippen LogP contribution < -0.4 is 4.90 Å². The SMILES string of the molecule is C=CC(=O)N1CC(CC(=O)Cn2c(C)c(C(=O)N3CCN(c4ccc(Br)cn4)CC3)c3cc(Br)ccc32)C1. The summed E-state index contributed by atoms with van der Waals surface area (Å²) in [5.74, 6) is 1.05. The lowest BCUT2D eigenvalue weighted by Gasteiger charge is -2.38. The van der Waals surface area contributed by atoms with Crippen molar-refractivity contribution in [2.75, 3.05) is 44.2 Å². The second kappa shape index (κ2) is 11.0. The van der Waals surface area contributed by atoms with Gasteiger partial charge in [-0.3, -0.25) is 14.4 Å². The van der Waals surface area contributed by atoms with E-state index in [1.807, 2.05) is 46.7 Å². The fourth-order valence-electron chi connectivity index (χ4n) is 5.35. The highest BCUT2D eigenvalue weighted by Crippen LogP contribution is 2.31. The van der Waals surface area contributed by atoms with E-state index in [1.165, 1.54) is 6.08 Å². The minimum atomic E-state index is -0.0939. The van der Waals surface area contributed by atoms with E-state index in [-0.39, 0.29) is 30.1 Å². The maximum Gasteiger partial charge on any atom is 0.256 e. The van der Waals surface area contributed by atoms with Crippen LogP contribution in [0.25, 0.3) is 10.9 Å². The fraction of sp³-hybridized carbons (Fsp3) is 0.357. The molecule has 10 heteroatoms. The zero-order valence-corrected chi connectivity index (χ0v) is 24.4. The van der Waals surface area contributed by atoms with Crippen LogP contribution in [-0.4, -0.2) is 76.2 Å². The van der Waals surface area contributed by atoms with Gasteiger partial charge in [0.1, 0.15) is 5.82 Å². The third kappa shape index (κ3) is 5.29. The van der Waals surface area contributed by atoms with Crippen molar-refractivity contribution in [3.8, 4) is 0 Å². The van der Waals surface area contributed by atoms with E-state index in [2.05, 4.69) is 48.3 Å². The Kier molecular flexibility index (Phi) is 7.72. The molecule has 1 aromatic carbocycles. The van der Waals surface area contributed by atoms with Crippen LogP contribution in [0.3, 0.4) is 0 Å². The summed E-state index contributed by atoms with van der Waals surface area (Å²) in [5, 5.41) is 0.845. The number of likely N-dealkylation sites (tertiary alicyclic amines) is 1. The largest absolute Gasteiger partial charge is 0.353 e. The van der Waals surface area contributed by atoms with Gasteiger partial charge in [-0.1, -0.05) is 22.5 Å². The van der Waals surface area contributed by atoms with Crippen LogP contribution in [0.4, 0.5) is 5.82 Å². The van der Waals surface area contributed by atoms with Gasteiger partial charge < -0.3 is 19.3 Å². The Morgan fingerprint density at radius 3 is 2.39 bits per heavy atom. The number of amides is 2. The number of anilines is 1. The van der Waals surface area contributed by atoms with Gasteiger partial charge in [-0.15, -0.1) is 0 Å². The average Bonchev–Trinajstić information content (AvgIpc) is 3.15. The number of carbonyl (C=O) groups excluding carboxylic acids is 3. The molecule has 0 atom stereocenters. The zero-order chi connectivity index (χ0) is 27.0. The number of piperazine rings is 1. The molecule has 0 aliphatic carbocycles. The molecule has 5 rings (SSSR count). The Morgan fingerprint density at radius 1 is 1.03 bits per heavy atom. The highest BCUT2D eigenvalue weighted by atomic mass is 79.9. The van der Waals surface area contributed by atoms with E-state index >= 15 is 0 Å². The van der Waals surface area contributed by atoms with Gasteiger partial charge in [0.25, 0.3) is 5.91 Å². The number of carbonyl (C=O) groups is 3. The summed E-state index contributed by atoms with van der Waals surface area (Å²) in [4.78, 5) is 48.8. The van der Waals surface area contributed by atoms with Crippen LogP contribution in [0, 0.1) is 12.8 Å². The molecule has 2 fully saturated rings. The normalized spacial score (nSPS) is 16.0. The highest BCUT2D eigenvalue weighted by molar-refractivity contribution is 9.10. The van der Waals surface area contributed by atoms with Crippen molar-refractivity contribution in [2.45, 2.75) is 19.9 Å². The van der Waals surface area contributed by atoms with Crippen molar-refractivity contribution < 1.29 is 14.4 Å². The molecule has 3 aromatic rings. The highest BCUT2D eigenvalue weighted by Gasteiger charge is 2.32. The molecule has 2 aliphatic heterocycles. The monoisotopic (exact) mass is 641 g/mol. The molecule has 0 spiro atoms. The lowest BCUT2D eigenvalue weighted by molar-refractivity contribution is -0.134. The van der Waals surface area contributed by atoms with Crippen LogP contribution in [0.5, 0.6) is 0 Å². The number of aromatic nitrogens is 2. The van der Waals surface area contributed by atoms with Gasteiger partial charge in [0.15, 0.2) is 5.78 Å². The summed E-state index contributed by atoms with van der Waals surface area (Å²) in [5.41, 5.74) is 2.32. The number of ketones is 1. The molecule has 38 heavy (non-hydrogen) atoms. The van der Waals surface area contributed by atoms with E-state index in [0.717, 1.165) is 31.4 Å². The molecule has 0 radical (unpaired) electrons. The van der Waals surface area contributed by atoms with Gasteiger partial charge in [-0.25, -0.2) is 4.98 Å². The van der Waals surface area contributed by atoms with Crippen molar-refractivity contribution in [3.05, 3.63) is 69.4 Å². The Bertz CT molecular complexity index is 1400. The van der Waals surface area contributed by atoms with Gasteiger partial charge in [-0.2, -0.15) is 0 Å². The standard InChI is InChI=1S/C28H29Br2N5O3/c1-3-26(37)34-15-19(16-34)12-22(36)17-35-18(2)27(23-13-20(29)4-6-24(23)35)28(38)33-10-8-32(9-11-33)25-7-5-21(30)14-31-25/h3-7,13-14,19H,1,8-12,15-17H2,2H3. The molecule has 2 amide bonds. The quantitative estimate of drug-likeness (QED) is 0.356. The molecule has 2 saturated heterocycles. The topological polar surface area (TPSA) is 78.8 Å². The Labute approximate surface area is 238 Å². The van der Waals surface area contributed by atoms with Crippen LogP contribution >= 0.6 is 31.9 Å². The van der Waals surface area contributed by atoms with E-state index < -0.39 is 0 Å². The van der Waals surface area contributed by atoms with E-state index in [1.54, 1.807) is 11.1 Å². The maximum atomic E-state index is 13.8. The van der Waals surface area contributed by atoms with Gasteiger partial charge in [0.2, 0.25) is 5.91 Å². The lowest BCUT2D eigenvalue weighted by Crippen LogP contribution is -2.50. The first-order valence-corrected chi connectivity index (χ1v) is 14.2. The Morgan fingerprint density at radius 2 is 1.74 bits per heavy atom. The first-order chi connectivity index (χ1) is 18.2. The zero-order valence-electron chi connectivity index (χ0n) is 21.2. The molecule has 0 N–H and O–H groups in total. The summed E-state index contributed by atoms with van der Waals surface area (Å²) in [6, 6.07) is 9.81. The van der Waals surface area contributed by atoms with E-state index in [9.17, 15) is 14.4 Å². The first-order valence-electron chi connectivity index (χ1n) is 12.6. The van der Waals surface area contributed by atoms with E-state index in [4.69, 9.17) is 0 Å². The third-order valence-corrected chi connectivity index (χ3v) is 8.36. The third-order valence-electron chi connectivity index (χ3n) is 7.40. The van der Waals surface area contributed by atoms with Crippen molar-refractivity contribution in [2.24, 2.45) is 5.92 Å². The van der Waals surface area contributed by atoms with Crippen molar-refractivity contribution >= 4 is 66.2 Å². The minimum Gasteiger partial charge on any atom is -0.353 e. The molecule has 2 aliphatic rings. The van der Waals surface area contributed by atoms with Crippen molar-refractivity contribution in [3.63, 3.8) is 0 Å². The van der Waals surface area contributed by atoms with Crippen LogP contribution in [0.2, 0.25) is 0 Å². The number of benzene rings is 1. The van der Waals surface area contributed by atoms with Crippen molar-refractivity contribution in [1.29, 1.82) is 0 Å². The van der Waals surface area contributed by atoms with E-state index in [0.29, 0.717) is 51.3 Å². The number of nitrogens with zero attached hydrogens (tertiary/aromatic N) is 5. The number of fused-ring (bicyclic) bond motifs is 1. The number of Topliss-reactive ketones (excluding diaryl/α,β-unsaturated/α-hetero) is 1. The predicted molar refractivity (Wildman–Crippen MR) is 154 cm³/mol. The number of pyridine rings is 1. The minimum absolute atomic E-state index is 0.0159. The number of hydrogen-bond acceptors (Lipinski definition) is 5. The molecule has 8 nitrogen and oxygen atoms in total. The Balaban J connectivity index is 1.31. The van der Waals surface area contributed by atoms with Crippen LogP contribution in [-0.2, 0) is 16.1 Å². The smallest absolute Gasteiger partial charge is 0.256 e. The number of halogens is 2. The summed E-state index contributed by atoms with van der Waals surface area (Å²) in [7, 11) is 0. The molecule has 0 bridgehead atoms. The van der Waals surface area contributed by atoms with Crippen molar-refractivity contribution in [1.82, 2.24) is 19.4 Å². The fourth-order valence-corrected chi connectivity index (χ4v) is 5.95. The average molecular weight is 643 g/mol. The van der Waals surface area contributed by atoms with Crippen LogP contribution in [0.15, 0.2) is 58.1 Å². The lowest BCUT2D eigenvalue weighted by atomic mass is 9.94. The predicted octanol–water partition coefficient (Wildman–Crippen LogP) is 4.44. The van der Waals surface area contributed by atoms with Gasteiger partial charge in [0.05, 0.1) is 12.1 Å². The summed E-state index contributed by atoms with van der Waals surface area (Å²) in [6.07, 6.45) is 3.50. The summed E-state index contributed by atoms with van der Waals surface area (Å²) in [6.45, 7) is 9.40. The maximum absolute atomic E-state index is 13.8. The van der Waals surface area contributed by atoms with Gasteiger partial charge in [-0.05, 0) is 59.3 Å². The molecular formula is C28H29Br2N5O3. The second-order valence-corrected chi connectivity index (χ2v) is 11.7. The number of hydrogen-bond donors (Lipinski definition) is 0. The molecule has 0 unspecified atom stereocenters. The first kappa shape index (κ1) is 26.6. The van der Waals surface area contributed by atoms with Crippen LogP contribution in [0.1, 0.15) is 22.5 Å².